The summed E-state index contributed by atoms with van der Waals surface area (Å²) in [4.78, 5) is 2.43. The molecule has 0 radical (unpaired) electrons. The number of rotatable bonds is 4. The first kappa shape index (κ1) is 14.3. The van der Waals surface area contributed by atoms with Crippen LogP contribution in [0.25, 0.3) is 0 Å². The van der Waals surface area contributed by atoms with Gasteiger partial charge in [0.1, 0.15) is 5.75 Å². The van der Waals surface area contributed by atoms with E-state index in [1.54, 1.807) is 7.11 Å². The van der Waals surface area contributed by atoms with E-state index in [-0.39, 0.29) is 12.1 Å². The molecule has 0 aromatic heterocycles. The minimum Gasteiger partial charge on any atom is -0.497 e. The number of hydrogen-bond donors (Lipinski definition) is 1. The van der Waals surface area contributed by atoms with E-state index in [1.165, 1.54) is 5.56 Å². The van der Waals surface area contributed by atoms with Crippen molar-refractivity contribution in [2.75, 3.05) is 33.4 Å². The van der Waals surface area contributed by atoms with E-state index in [0.717, 1.165) is 31.9 Å². The maximum atomic E-state index is 5.99. The summed E-state index contributed by atoms with van der Waals surface area (Å²) in [6.07, 6.45) is 1.34. The third-order valence-electron chi connectivity index (χ3n) is 3.65. The molecular formula is C15H24N2O2. The molecule has 1 heterocycles. The normalized spacial score (nSPS) is 22.8. The number of ether oxygens (including phenoxy) is 2. The Kier molecular flexibility index (Phi) is 5.19. The molecule has 2 N–H and O–H groups in total. The second-order valence-electron chi connectivity index (χ2n) is 5.05. The summed E-state index contributed by atoms with van der Waals surface area (Å²) in [6, 6.07) is 8.46. The molecule has 0 saturated carbocycles. The third-order valence-corrected chi connectivity index (χ3v) is 3.65. The van der Waals surface area contributed by atoms with E-state index in [9.17, 15) is 0 Å². The van der Waals surface area contributed by atoms with Gasteiger partial charge >= 0.3 is 0 Å². The molecule has 0 spiro atoms. The van der Waals surface area contributed by atoms with E-state index in [1.807, 2.05) is 12.1 Å². The molecule has 1 aromatic carbocycles. The summed E-state index contributed by atoms with van der Waals surface area (Å²) in [7, 11) is 1.68. The molecule has 19 heavy (non-hydrogen) atoms. The van der Waals surface area contributed by atoms with E-state index in [0.29, 0.717) is 6.54 Å². The Bertz CT molecular complexity index is 380. The number of benzene rings is 1. The molecule has 4 heteroatoms. The van der Waals surface area contributed by atoms with Crippen molar-refractivity contribution in [1.82, 2.24) is 4.90 Å². The topological polar surface area (TPSA) is 47.7 Å². The zero-order valence-corrected chi connectivity index (χ0v) is 11.8. The van der Waals surface area contributed by atoms with Crippen molar-refractivity contribution in [3.8, 4) is 5.75 Å². The highest BCUT2D eigenvalue weighted by atomic mass is 16.5. The first-order valence-electron chi connectivity index (χ1n) is 6.94. The van der Waals surface area contributed by atoms with Crippen LogP contribution < -0.4 is 10.5 Å². The van der Waals surface area contributed by atoms with Gasteiger partial charge in [0, 0.05) is 32.3 Å². The largest absolute Gasteiger partial charge is 0.497 e. The van der Waals surface area contributed by atoms with Crippen molar-refractivity contribution in [3.05, 3.63) is 29.8 Å². The van der Waals surface area contributed by atoms with E-state index in [4.69, 9.17) is 15.2 Å². The van der Waals surface area contributed by atoms with Gasteiger partial charge in [0.05, 0.1) is 13.2 Å². The van der Waals surface area contributed by atoms with Crippen LogP contribution in [0.3, 0.4) is 0 Å². The Morgan fingerprint density at radius 3 is 2.79 bits per heavy atom. The van der Waals surface area contributed by atoms with Crippen LogP contribution in [0.1, 0.15) is 24.9 Å². The van der Waals surface area contributed by atoms with Crippen LogP contribution in [0.4, 0.5) is 0 Å². The van der Waals surface area contributed by atoms with Crippen molar-refractivity contribution in [2.45, 2.75) is 25.5 Å². The summed E-state index contributed by atoms with van der Waals surface area (Å²) < 4.78 is 10.9. The van der Waals surface area contributed by atoms with Crippen LogP contribution in [0.5, 0.6) is 5.75 Å². The summed E-state index contributed by atoms with van der Waals surface area (Å²) in [5.41, 5.74) is 7.24. The Morgan fingerprint density at radius 1 is 1.42 bits per heavy atom. The Hall–Kier alpha value is -1.10. The minimum atomic E-state index is 0.259. The van der Waals surface area contributed by atoms with E-state index < -0.39 is 0 Å². The molecule has 1 saturated heterocycles. The summed E-state index contributed by atoms with van der Waals surface area (Å²) in [6.45, 7) is 5.57. The number of hydrogen-bond acceptors (Lipinski definition) is 4. The molecule has 1 aliphatic heterocycles. The van der Waals surface area contributed by atoms with Gasteiger partial charge in [-0.05, 0) is 31.0 Å². The number of methoxy groups -OCH3 is 1. The highest BCUT2D eigenvalue weighted by Crippen LogP contribution is 2.24. The van der Waals surface area contributed by atoms with Gasteiger partial charge in [-0.3, -0.25) is 4.90 Å². The molecule has 2 unspecified atom stereocenters. The van der Waals surface area contributed by atoms with E-state index >= 15 is 0 Å². The Labute approximate surface area is 115 Å². The van der Waals surface area contributed by atoms with Gasteiger partial charge in [0.2, 0.25) is 0 Å². The second-order valence-corrected chi connectivity index (χ2v) is 5.05. The predicted molar refractivity (Wildman–Crippen MR) is 76.4 cm³/mol. The monoisotopic (exact) mass is 264 g/mol. The Morgan fingerprint density at radius 2 is 2.16 bits per heavy atom. The van der Waals surface area contributed by atoms with Crippen molar-refractivity contribution in [3.63, 3.8) is 0 Å². The van der Waals surface area contributed by atoms with Crippen LogP contribution in [-0.4, -0.2) is 44.4 Å². The maximum Gasteiger partial charge on any atom is 0.118 e. The molecule has 4 nitrogen and oxygen atoms in total. The summed E-state index contributed by atoms with van der Waals surface area (Å²) >= 11 is 0. The fraction of sp³-hybridized carbons (Fsp3) is 0.600. The molecule has 1 fully saturated rings. The van der Waals surface area contributed by atoms with Gasteiger partial charge in [-0.25, -0.2) is 0 Å². The Balaban J connectivity index is 2.12. The zero-order valence-electron chi connectivity index (χ0n) is 11.8. The minimum absolute atomic E-state index is 0.259. The molecule has 2 atom stereocenters. The molecule has 0 amide bonds. The molecule has 0 bridgehead atoms. The van der Waals surface area contributed by atoms with Gasteiger partial charge in [-0.2, -0.15) is 0 Å². The maximum absolute atomic E-state index is 5.99. The first-order chi connectivity index (χ1) is 9.24. The van der Waals surface area contributed by atoms with Crippen LogP contribution in [0, 0.1) is 0 Å². The molecule has 2 rings (SSSR count). The van der Waals surface area contributed by atoms with Crippen molar-refractivity contribution < 1.29 is 9.47 Å². The van der Waals surface area contributed by atoms with Gasteiger partial charge in [-0.15, -0.1) is 0 Å². The lowest BCUT2D eigenvalue weighted by atomic mass is 10.0. The lowest BCUT2D eigenvalue weighted by Gasteiger charge is -2.31. The molecule has 1 aromatic rings. The van der Waals surface area contributed by atoms with E-state index in [2.05, 4.69) is 24.0 Å². The van der Waals surface area contributed by atoms with Gasteiger partial charge in [-0.1, -0.05) is 12.1 Å². The van der Waals surface area contributed by atoms with Crippen LogP contribution in [0.2, 0.25) is 0 Å². The standard InChI is InChI=1S/C15H24N2O2/c1-12-11-17(8-3-9-19-12)15(10-16)13-4-6-14(18-2)7-5-13/h4-7,12,15H,3,8-11,16H2,1-2H3. The zero-order chi connectivity index (χ0) is 13.7. The third kappa shape index (κ3) is 3.69. The lowest BCUT2D eigenvalue weighted by molar-refractivity contribution is 0.0612. The SMILES string of the molecule is COc1ccc(C(CN)N2CCCOC(C)C2)cc1. The fourth-order valence-electron chi connectivity index (χ4n) is 2.63. The highest BCUT2D eigenvalue weighted by molar-refractivity contribution is 5.29. The smallest absolute Gasteiger partial charge is 0.118 e. The summed E-state index contributed by atoms with van der Waals surface area (Å²) in [5.74, 6) is 0.882. The average Bonchev–Trinajstić information content (AvgIpc) is 2.65. The fourth-order valence-corrected chi connectivity index (χ4v) is 2.63. The van der Waals surface area contributed by atoms with Crippen LogP contribution >= 0.6 is 0 Å². The van der Waals surface area contributed by atoms with Gasteiger partial charge in [0.25, 0.3) is 0 Å². The van der Waals surface area contributed by atoms with Gasteiger partial charge < -0.3 is 15.2 Å². The van der Waals surface area contributed by atoms with Crippen LogP contribution in [-0.2, 0) is 4.74 Å². The van der Waals surface area contributed by atoms with Crippen molar-refractivity contribution >= 4 is 0 Å². The number of nitrogens with zero attached hydrogens (tertiary/aromatic N) is 1. The lowest BCUT2D eigenvalue weighted by Crippen LogP contribution is -2.37. The molecular weight excluding hydrogens is 240 g/mol. The molecule has 1 aliphatic rings. The number of nitrogens with two attached hydrogens (primary N) is 1. The quantitative estimate of drug-likeness (QED) is 0.901. The average molecular weight is 264 g/mol. The first-order valence-corrected chi connectivity index (χ1v) is 6.94. The molecule has 106 valence electrons. The van der Waals surface area contributed by atoms with Crippen molar-refractivity contribution in [1.29, 1.82) is 0 Å². The second kappa shape index (κ2) is 6.89. The van der Waals surface area contributed by atoms with Crippen LogP contribution in [0.15, 0.2) is 24.3 Å². The molecule has 0 aliphatic carbocycles. The predicted octanol–water partition coefficient (Wildman–Crippen LogP) is 1.81. The van der Waals surface area contributed by atoms with Crippen molar-refractivity contribution in [2.24, 2.45) is 5.73 Å². The highest BCUT2D eigenvalue weighted by Gasteiger charge is 2.23. The van der Waals surface area contributed by atoms with Gasteiger partial charge in [0.15, 0.2) is 0 Å². The summed E-state index contributed by atoms with van der Waals surface area (Å²) in [5, 5.41) is 0.